The third-order valence-electron chi connectivity index (χ3n) is 2.32. The maximum atomic E-state index is 11.1. The van der Waals surface area contributed by atoms with Gasteiger partial charge in [0.2, 0.25) is 0 Å². The zero-order chi connectivity index (χ0) is 11.8. The molecule has 0 aliphatic heterocycles. The maximum absolute atomic E-state index is 11.1. The van der Waals surface area contributed by atoms with Gasteiger partial charge in [-0.2, -0.15) is 0 Å². The molecular weight excluding hydrogens is 204 g/mol. The van der Waals surface area contributed by atoms with E-state index in [9.17, 15) is 9.90 Å². The Hall–Kier alpha value is -1.35. The Morgan fingerprint density at radius 3 is 2.69 bits per heavy atom. The minimum atomic E-state index is -0.612. The van der Waals surface area contributed by atoms with Crippen molar-refractivity contribution >= 4 is 5.97 Å². The van der Waals surface area contributed by atoms with Gasteiger partial charge in [-0.1, -0.05) is 30.3 Å². The third-order valence-corrected chi connectivity index (χ3v) is 2.32. The van der Waals surface area contributed by atoms with E-state index in [2.05, 4.69) is 0 Å². The van der Waals surface area contributed by atoms with Gasteiger partial charge in [0.15, 0.2) is 0 Å². The Bertz CT molecular complexity index is 308. The lowest BCUT2D eigenvalue weighted by Crippen LogP contribution is -2.16. The second-order valence-electron chi connectivity index (χ2n) is 3.69. The van der Waals surface area contributed by atoms with Crippen LogP contribution < -0.4 is 0 Å². The number of aliphatic hydroxyl groups excluding tert-OH is 1. The minimum absolute atomic E-state index is 0.0840. The third kappa shape index (κ3) is 4.94. The molecule has 16 heavy (non-hydrogen) atoms. The Morgan fingerprint density at radius 2 is 2.06 bits per heavy atom. The molecule has 1 rings (SSSR count). The molecule has 88 valence electrons. The van der Waals surface area contributed by atoms with Crippen LogP contribution in [-0.2, 0) is 16.0 Å². The van der Waals surface area contributed by atoms with Gasteiger partial charge in [-0.3, -0.25) is 4.79 Å². The number of aryl methyl sites for hydroxylation is 1. The first-order valence-electron chi connectivity index (χ1n) is 5.60. The van der Waals surface area contributed by atoms with E-state index < -0.39 is 6.10 Å². The summed E-state index contributed by atoms with van der Waals surface area (Å²) in [7, 11) is 0. The van der Waals surface area contributed by atoms with E-state index in [1.54, 1.807) is 6.92 Å². The number of carbonyl (C=O) groups is 1. The average molecular weight is 222 g/mol. The number of aliphatic hydroxyl groups is 1. The van der Waals surface area contributed by atoms with E-state index in [1.807, 2.05) is 30.3 Å². The van der Waals surface area contributed by atoms with Crippen LogP contribution in [0.2, 0.25) is 0 Å². The highest BCUT2D eigenvalue weighted by molar-refractivity contribution is 5.69. The van der Waals surface area contributed by atoms with Crippen LogP contribution >= 0.6 is 0 Å². The van der Waals surface area contributed by atoms with Crippen LogP contribution in [0.4, 0.5) is 0 Å². The second kappa shape index (κ2) is 7.01. The average Bonchev–Trinajstić information content (AvgIpc) is 2.28. The summed E-state index contributed by atoms with van der Waals surface area (Å²) in [5.74, 6) is -0.330. The highest BCUT2D eigenvalue weighted by Gasteiger charge is 2.11. The molecule has 0 heterocycles. The Balaban J connectivity index is 2.25. The normalized spacial score (nSPS) is 12.1. The summed E-state index contributed by atoms with van der Waals surface area (Å²) in [6, 6.07) is 9.91. The van der Waals surface area contributed by atoms with Crippen molar-refractivity contribution in [3.63, 3.8) is 0 Å². The van der Waals surface area contributed by atoms with Crippen LogP contribution in [0.3, 0.4) is 0 Å². The smallest absolute Gasteiger partial charge is 0.308 e. The van der Waals surface area contributed by atoms with Crippen LogP contribution in [0.15, 0.2) is 30.3 Å². The monoisotopic (exact) mass is 222 g/mol. The van der Waals surface area contributed by atoms with Crippen molar-refractivity contribution in [1.29, 1.82) is 0 Å². The zero-order valence-electron chi connectivity index (χ0n) is 9.56. The van der Waals surface area contributed by atoms with Crippen molar-refractivity contribution < 1.29 is 14.6 Å². The molecule has 1 aromatic carbocycles. The Morgan fingerprint density at radius 1 is 1.38 bits per heavy atom. The van der Waals surface area contributed by atoms with Crippen LogP contribution in [0, 0.1) is 0 Å². The van der Waals surface area contributed by atoms with Gasteiger partial charge >= 0.3 is 5.97 Å². The Labute approximate surface area is 96.1 Å². The molecule has 0 spiro atoms. The largest absolute Gasteiger partial charge is 0.466 e. The van der Waals surface area contributed by atoms with E-state index in [4.69, 9.17) is 4.74 Å². The standard InChI is InChI=1S/C13H18O3/c1-2-16-13(15)10-12(14)9-8-11-6-4-3-5-7-11/h3-7,12,14H,2,8-10H2,1H3/t12-/m1/s1. The van der Waals surface area contributed by atoms with E-state index in [1.165, 1.54) is 5.56 Å². The van der Waals surface area contributed by atoms with Crippen molar-refractivity contribution in [3.05, 3.63) is 35.9 Å². The number of hydrogen-bond donors (Lipinski definition) is 1. The minimum Gasteiger partial charge on any atom is -0.466 e. The molecule has 0 fully saturated rings. The Kier molecular flexibility index (Phi) is 5.57. The van der Waals surface area contributed by atoms with E-state index in [0.29, 0.717) is 13.0 Å². The molecular formula is C13H18O3. The molecule has 0 saturated carbocycles. The molecule has 3 heteroatoms. The first kappa shape index (κ1) is 12.7. The maximum Gasteiger partial charge on any atom is 0.308 e. The molecule has 0 amide bonds. The number of ether oxygens (including phenoxy) is 1. The fourth-order valence-corrected chi connectivity index (χ4v) is 1.49. The van der Waals surface area contributed by atoms with Crippen LogP contribution in [0.5, 0.6) is 0 Å². The molecule has 1 N–H and O–H groups in total. The van der Waals surface area contributed by atoms with Crippen molar-refractivity contribution in [2.45, 2.75) is 32.3 Å². The first-order chi connectivity index (χ1) is 7.72. The van der Waals surface area contributed by atoms with Crippen LogP contribution in [0.1, 0.15) is 25.3 Å². The summed E-state index contributed by atoms with van der Waals surface area (Å²) in [4.78, 5) is 11.1. The number of hydrogen-bond acceptors (Lipinski definition) is 3. The molecule has 3 nitrogen and oxygen atoms in total. The van der Waals surface area contributed by atoms with Crippen LogP contribution in [0.25, 0.3) is 0 Å². The van der Waals surface area contributed by atoms with Crippen LogP contribution in [-0.4, -0.2) is 23.8 Å². The van der Waals surface area contributed by atoms with Gasteiger partial charge in [0.05, 0.1) is 19.1 Å². The number of rotatable bonds is 6. The van der Waals surface area contributed by atoms with E-state index in [0.717, 1.165) is 6.42 Å². The lowest BCUT2D eigenvalue weighted by molar-refractivity contribution is -0.145. The van der Waals surface area contributed by atoms with Gasteiger partial charge in [-0.15, -0.1) is 0 Å². The number of benzene rings is 1. The highest BCUT2D eigenvalue weighted by atomic mass is 16.5. The molecule has 0 saturated heterocycles. The second-order valence-corrected chi connectivity index (χ2v) is 3.69. The summed E-state index contributed by atoms with van der Waals surface area (Å²) >= 11 is 0. The zero-order valence-corrected chi connectivity index (χ0v) is 9.56. The lowest BCUT2D eigenvalue weighted by Gasteiger charge is -2.09. The fraction of sp³-hybridized carbons (Fsp3) is 0.462. The number of carbonyl (C=O) groups excluding carboxylic acids is 1. The molecule has 0 aliphatic carbocycles. The molecule has 0 unspecified atom stereocenters. The summed E-state index contributed by atoms with van der Waals surface area (Å²) in [5, 5.41) is 9.61. The molecule has 1 atom stereocenters. The van der Waals surface area contributed by atoms with Gasteiger partial charge in [0.1, 0.15) is 0 Å². The number of esters is 1. The van der Waals surface area contributed by atoms with Gasteiger partial charge in [-0.05, 0) is 25.3 Å². The predicted molar refractivity (Wildman–Crippen MR) is 62.0 cm³/mol. The molecule has 0 aromatic heterocycles. The van der Waals surface area contributed by atoms with Crippen molar-refractivity contribution in [1.82, 2.24) is 0 Å². The fourth-order valence-electron chi connectivity index (χ4n) is 1.49. The highest BCUT2D eigenvalue weighted by Crippen LogP contribution is 2.07. The van der Waals surface area contributed by atoms with Crippen molar-refractivity contribution in [2.75, 3.05) is 6.61 Å². The van der Waals surface area contributed by atoms with E-state index >= 15 is 0 Å². The quantitative estimate of drug-likeness (QED) is 0.748. The lowest BCUT2D eigenvalue weighted by atomic mass is 10.1. The molecule has 1 aromatic rings. The SMILES string of the molecule is CCOC(=O)C[C@H](O)CCc1ccccc1. The summed E-state index contributed by atoms with van der Waals surface area (Å²) in [6.45, 7) is 2.12. The summed E-state index contributed by atoms with van der Waals surface area (Å²) in [5.41, 5.74) is 1.17. The summed E-state index contributed by atoms with van der Waals surface area (Å²) in [6.07, 6.45) is 0.838. The topological polar surface area (TPSA) is 46.5 Å². The van der Waals surface area contributed by atoms with Gasteiger partial charge in [0, 0.05) is 0 Å². The van der Waals surface area contributed by atoms with Crippen molar-refractivity contribution in [2.24, 2.45) is 0 Å². The van der Waals surface area contributed by atoms with E-state index in [-0.39, 0.29) is 12.4 Å². The molecule has 0 aliphatic rings. The van der Waals surface area contributed by atoms with Gasteiger partial charge in [-0.25, -0.2) is 0 Å². The first-order valence-corrected chi connectivity index (χ1v) is 5.60. The summed E-state index contributed by atoms with van der Waals surface area (Å²) < 4.78 is 4.77. The van der Waals surface area contributed by atoms with Gasteiger partial charge in [0.25, 0.3) is 0 Å². The predicted octanol–water partition coefficient (Wildman–Crippen LogP) is 1.93. The van der Waals surface area contributed by atoms with Gasteiger partial charge < -0.3 is 9.84 Å². The molecule has 0 bridgehead atoms. The molecule has 0 radical (unpaired) electrons. The van der Waals surface area contributed by atoms with Crippen molar-refractivity contribution in [3.8, 4) is 0 Å².